The number of rotatable bonds is 1. The maximum Gasteiger partial charge on any atom is 0.125 e. The molecule has 3 nitrogen and oxygen atoms in total. The van der Waals surface area contributed by atoms with Crippen LogP contribution in [-0.4, -0.2) is 48.2 Å². The Hall–Kier alpha value is -0.900. The Morgan fingerprint density at radius 3 is 2.57 bits per heavy atom. The highest BCUT2D eigenvalue weighted by atomic mass is 16.5. The Kier molecular flexibility index (Phi) is 3.52. The summed E-state index contributed by atoms with van der Waals surface area (Å²) in [6.45, 7) is 3.53. The molecule has 21 heavy (non-hydrogen) atoms. The molecule has 0 bridgehead atoms. The lowest BCUT2D eigenvalue weighted by Crippen LogP contribution is -2.55. The fourth-order valence-corrected chi connectivity index (χ4v) is 4.47. The SMILES string of the molecule is CN1CCC2(CC1)O[C@H](c1ccccc1)[C@H]1CCCCN12. The van der Waals surface area contributed by atoms with E-state index < -0.39 is 0 Å². The maximum atomic E-state index is 6.77. The number of piperidine rings is 2. The second kappa shape index (κ2) is 5.38. The van der Waals surface area contributed by atoms with Crippen LogP contribution in [-0.2, 0) is 4.74 Å². The van der Waals surface area contributed by atoms with E-state index in [0.29, 0.717) is 6.04 Å². The van der Waals surface area contributed by atoms with E-state index in [1.54, 1.807) is 0 Å². The van der Waals surface area contributed by atoms with Crippen molar-refractivity contribution in [2.45, 2.75) is 50.0 Å². The second-order valence-electron chi connectivity index (χ2n) is 6.96. The van der Waals surface area contributed by atoms with Crippen molar-refractivity contribution < 1.29 is 4.74 Å². The Morgan fingerprint density at radius 2 is 1.81 bits per heavy atom. The molecule has 3 saturated heterocycles. The van der Waals surface area contributed by atoms with E-state index in [1.807, 2.05) is 0 Å². The van der Waals surface area contributed by atoms with Crippen LogP contribution in [0.4, 0.5) is 0 Å². The van der Waals surface area contributed by atoms with E-state index in [2.05, 4.69) is 47.2 Å². The van der Waals surface area contributed by atoms with Crippen LogP contribution in [0.25, 0.3) is 0 Å². The minimum atomic E-state index is 0.0120. The van der Waals surface area contributed by atoms with Gasteiger partial charge in [0.1, 0.15) is 11.8 Å². The molecule has 114 valence electrons. The monoisotopic (exact) mass is 286 g/mol. The van der Waals surface area contributed by atoms with Crippen molar-refractivity contribution in [3.05, 3.63) is 35.9 Å². The highest BCUT2D eigenvalue weighted by Crippen LogP contribution is 2.49. The molecule has 3 fully saturated rings. The Morgan fingerprint density at radius 1 is 1.05 bits per heavy atom. The van der Waals surface area contributed by atoms with E-state index >= 15 is 0 Å². The zero-order valence-corrected chi connectivity index (χ0v) is 13.0. The third-order valence-electron chi connectivity index (χ3n) is 5.66. The molecule has 0 unspecified atom stereocenters. The topological polar surface area (TPSA) is 15.7 Å². The Labute approximate surface area is 127 Å². The van der Waals surface area contributed by atoms with Crippen LogP contribution in [0.5, 0.6) is 0 Å². The molecule has 1 aromatic rings. The zero-order chi connectivity index (χ0) is 14.3. The second-order valence-corrected chi connectivity index (χ2v) is 6.96. The lowest BCUT2D eigenvalue weighted by molar-refractivity contribution is -0.138. The molecule has 1 spiro atoms. The van der Waals surface area contributed by atoms with Crippen molar-refractivity contribution in [2.75, 3.05) is 26.7 Å². The van der Waals surface area contributed by atoms with Crippen molar-refractivity contribution in [1.29, 1.82) is 0 Å². The molecule has 3 heterocycles. The highest BCUT2D eigenvalue weighted by molar-refractivity contribution is 5.22. The standard InChI is InChI=1S/C18H26N2O/c1-19-13-10-18(11-14-19)20-12-6-5-9-16(20)17(21-18)15-7-3-2-4-8-15/h2-4,7-8,16-17H,5-6,9-14H2,1H3/t16-,17-/m1/s1. The molecule has 2 atom stereocenters. The first-order chi connectivity index (χ1) is 10.3. The van der Waals surface area contributed by atoms with E-state index in [0.717, 1.165) is 25.9 Å². The lowest BCUT2D eigenvalue weighted by atomic mass is 9.91. The summed E-state index contributed by atoms with van der Waals surface area (Å²) in [5.74, 6) is 0. The third kappa shape index (κ3) is 2.32. The molecule has 3 aliphatic rings. The summed E-state index contributed by atoms with van der Waals surface area (Å²) in [5, 5.41) is 0. The first kappa shape index (κ1) is 13.7. The molecule has 3 aliphatic heterocycles. The molecule has 3 heteroatoms. The quantitative estimate of drug-likeness (QED) is 0.789. The van der Waals surface area contributed by atoms with Gasteiger partial charge in [-0.25, -0.2) is 0 Å². The molecule has 0 N–H and O–H groups in total. The average Bonchev–Trinajstić information content (AvgIpc) is 2.87. The van der Waals surface area contributed by atoms with Gasteiger partial charge in [0.2, 0.25) is 0 Å². The number of nitrogens with zero attached hydrogens (tertiary/aromatic N) is 2. The van der Waals surface area contributed by atoms with E-state index in [4.69, 9.17) is 4.74 Å². The van der Waals surface area contributed by atoms with Gasteiger partial charge in [0.15, 0.2) is 0 Å². The van der Waals surface area contributed by atoms with Crippen LogP contribution in [0, 0.1) is 0 Å². The smallest absolute Gasteiger partial charge is 0.125 e. The summed E-state index contributed by atoms with van der Waals surface area (Å²) in [5.41, 5.74) is 1.38. The summed E-state index contributed by atoms with van der Waals surface area (Å²) >= 11 is 0. The first-order valence-corrected chi connectivity index (χ1v) is 8.47. The van der Waals surface area contributed by atoms with E-state index in [1.165, 1.54) is 31.4 Å². The van der Waals surface area contributed by atoms with Crippen LogP contribution in [0.3, 0.4) is 0 Å². The molecule has 0 aliphatic carbocycles. The molecule has 0 aromatic heterocycles. The predicted octanol–water partition coefficient (Wildman–Crippen LogP) is 3.03. The van der Waals surface area contributed by atoms with Gasteiger partial charge in [0.25, 0.3) is 0 Å². The minimum absolute atomic E-state index is 0.0120. The van der Waals surface area contributed by atoms with Crippen molar-refractivity contribution >= 4 is 0 Å². The predicted molar refractivity (Wildman–Crippen MR) is 84.1 cm³/mol. The van der Waals surface area contributed by atoms with Gasteiger partial charge in [-0.2, -0.15) is 0 Å². The number of hydrogen-bond donors (Lipinski definition) is 0. The third-order valence-corrected chi connectivity index (χ3v) is 5.66. The van der Waals surface area contributed by atoms with Crippen molar-refractivity contribution in [2.24, 2.45) is 0 Å². The molecule has 4 rings (SSSR count). The van der Waals surface area contributed by atoms with Crippen LogP contribution in [0.2, 0.25) is 0 Å². The van der Waals surface area contributed by atoms with E-state index in [9.17, 15) is 0 Å². The number of likely N-dealkylation sites (tertiary alicyclic amines) is 1. The first-order valence-electron chi connectivity index (χ1n) is 8.47. The number of hydrogen-bond acceptors (Lipinski definition) is 3. The van der Waals surface area contributed by atoms with Gasteiger partial charge in [-0.15, -0.1) is 0 Å². The minimum Gasteiger partial charge on any atom is -0.351 e. The summed E-state index contributed by atoms with van der Waals surface area (Å²) in [6.07, 6.45) is 6.56. The zero-order valence-electron chi connectivity index (χ0n) is 13.0. The van der Waals surface area contributed by atoms with Gasteiger partial charge in [-0.3, -0.25) is 4.90 Å². The highest BCUT2D eigenvalue weighted by Gasteiger charge is 2.54. The molecule has 0 saturated carbocycles. The van der Waals surface area contributed by atoms with Crippen LogP contribution in [0.1, 0.15) is 43.8 Å². The van der Waals surface area contributed by atoms with Crippen molar-refractivity contribution in [3.63, 3.8) is 0 Å². The molecule has 1 aromatic carbocycles. The number of fused-ring (bicyclic) bond motifs is 2. The van der Waals surface area contributed by atoms with Gasteiger partial charge in [0.05, 0.1) is 0 Å². The molecular formula is C18H26N2O. The molecule has 0 amide bonds. The summed E-state index contributed by atoms with van der Waals surface area (Å²) in [6, 6.07) is 11.5. The van der Waals surface area contributed by atoms with Crippen molar-refractivity contribution in [1.82, 2.24) is 9.80 Å². The number of ether oxygens (including phenoxy) is 1. The fraction of sp³-hybridized carbons (Fsp3) is 0.667. The van der Waals surface area contributed by atoms with Crippen LogP contribution < -0.4 is 0 Å². The summed E-state index contributed by atoms with van der Waals surface area (Å²) in [7, 11) is 2.23. The number of benzene rings is 1. The lowest BCUT2D eigenvalue weighted by Gasteiger charge is -2.45. The average molecular weight is 286 g/mol. The Bertz CT molecular complexity index is 481. The van der Waals surface area contributed by atoms with Gasteiger partial charge in [-0.05, 0) is 25.5 Å². The van der Waals surface area contributed by atoms with Gasteiger partial charge < -0.3 is 9.64 Å². The van der Waals surface area contributed by atoms with Gasteiger partial charge >= 0.3 is 0 Å². The van der Waals surface area contributed by atoms with E-state index in [-0.39, 0.29) is 11.8 Å². The summed E-state index contributed by atoms with van der Waals surface area (Å²) in [4.78, 5) is 5.16. The largest absolute Gasteiger partial charge is 0.351 e. The van der Waals surface area contributed by atoms with Gasteiger partial charge in [-0.1, -0.05) is 36.8 Å². The summed E-state index contributed by atoms with van der Waals surface area (Å²) < 4.78 is 6.77. The fourth-order valence-electron chi connectivity index (χ4n) is 4.47. The normalized spacial score (nSPS) is 33.2. The van der Waals surface area contributed by atoms with Crippen LogP contribution >= 0.6 is 0 Å². The molecular weight excluding hydrogens is 260 g/mol. The molecule has 0 radical (unpaired) electrons. The van der Waals surface area contributed by atoms with Crippen LogP contribution in [0.15, 0.2) is 30.3 Å². The maximum absolute atomic E-state index is 6.77. The Balaban J connectivity index is 1.65. The van der Waals surface area contributed by atoms with Gasteiger partial charge in [0, 0.05) is 38.5 Å². The van der Waals surface area contributed by atoms with Crippen molar-refractivity contribution in [3.8, 4) is 0 Å².